The predicted molar refractivity (Wildman–Crippen MR) is 64.6 cm³/mol. The van der Waals surface area contributed by atoms with E-state index in [4.69, 9.17) is 34.8 Å². The van der Waals surface area contributed by atoms with Gasteiger partial charge in [0.1, 0.15) is 11.9 Å². The standard InChI is InChI=1S/C10H17Cl3O2/c1-4-9(3,5-2)7(14)6-8(15)10(11,12)13/h8,15H,4-6H2,1-3H3. The molecule has 0 saturated heterocycles. The Balaban J connectivity index is 4.49. The van der Waals surface area contributed by atoms with Crippen LogP contribution >= 0.6 is 34.8 Å². The van der Waals surface area contributed by atoms with Crippen molar-refractivity contribution in [2.75, 3.05) is 0 Å². The molecule has 0 fully saturated rings. The summed E-state index contributed by atoms with van der Waals surface area (Å²) in [5.41, 5.74) is -0.434. The first-order chi connectivity index (χ1) is 6.67. The molecule has 2 nitrogen and oxygen atoms in total. The summed E-state index contributed by atoms with van der Waals surface area (Å²) < 4.78 is -1.79. The van der Waals surface area contributed by atoms with Crippen molar-refractivity contribution in [3.63, 3.8) is 0 Å². The number of aliphatic hydroxyl groups is 1. The fourth-order valence-electron chi connectivity index (χ4n) is 1.18. The maximum absolute atomic E-state index is 11.8. The molecule has 0 bridgehead atoms. The van der Waals surface area contributed by atoms with E-state index >= 15 is 0 Å². The molecule has 15 heavy (non-hydrogen) atoms. The van der Waals surface area contributed by atoms with Gasteiger partial charge in [-0.1, -0.05) is 55.6 Å². The molecule has 90 valence electrons. The first-order valence-electron chi connectivity index (χ1n) is 4.95. The number of aliphatic hydroxyl groups excluding tert-OH is 1. The van der Waals surface area contributed by atoms with Crippen molar-refractivity contribution in [1.29, 1.82) is 0 Å². The third kappa shape index (κ3) is 4.48. The van der Waals surface area contributed by atoms with Gasteiger partial charge in [-0.15, -0.1) is 0 Å². The number of rotatable bonds is 5. The monoisotopic (exact) mass is 274 g/mol. The topological polar surface area (TPSA) is 37.3 Å². The second kappa shape index (κ2) is 5.72. The quantitative estimate of drug-likeness (QED) is 0.780. The summed E-state index contributed by atoms with van der Waals surface area (Å²) in [7, 11) is 0. The van der Waals surface area contributed by atoms with E-state index in [-0.39, 0.29) is 12.2 Å². The summed E-state index contributed by atoms with van der Waals surface area (Å²) in [5.74, 6) is -0.0636. The van der Waals surface area contributed by atoms with Crippen molar-refractivity contribution in [2.24, 2.45) is 5.41 Å². The number of Topliss-reactive ketones (excluding diaryl/α,β-unsaturated/α-hetero) is 1. The number of alkyl halides is 3. The van der Waals surface area contributed by atoms with E-state index in [1.807, 2.05) is 20.8 Å². The third-order valence-electron chi connectivity index (χ3n) is 2.99. The van der Waals surface area contributed by atoms with Crippen molar-refractivity contribution in [3.05, 3.63) is 0 Å². The summed E-state index contributed by atoms with van der Waals surface area (Å²) in [6.45, 7) is 5.73. The number of halogens is 3. The lowest BCUT2D eigenvalue weighted by Crippen LogP contribution is -2.34. The van der Waals surface area contributed by atoms with Gasteiger partial charge in [0, 0.05) is 11.8 Å². The van der Waals surface area contributed by atoms with Crippen molar-refractivity contribution in [1.82, 2.24) is 0 Å². The van der Waals surface area contributed by atoms with Crippen LogP contribution in [0.1, 0.15) is 40.0 Å². The Bertz CT molecular complexity index is 219. The number of hydrogen-bond acceptors (Lipinski definition) is 2. The Morgan fingerprint density at radius 2 is 1.67 bits per heavy atom. The van der Waals surface area contributed by atoms with E-state index in [1.165, 1.54) is 0 Å². The van der Waals surface area contributed by atoms with Gasteiger partial charge in [0.05, 0.1) is 0 Å². The van der Waals surface area contributed by atoms with Gasteiger partial charge in [-0.05, 0) is 12.8 Å². The van der Waals surface area contributed by atoms with E-state index in [0.29, 0.717) is 0 Å². The van der Waals surface area contributed by atoms with Crippen LogP contribution < -0.4 is 0 Å². The summed E-state index contributed by atoms with van der Waals surface area (Å²) >= 11 is 16.5. The van der Waals surface area contributed by atoms with E-state index in [0.717, 1.165) is 12.8 Å². The zero-order chi connectivity index (χ0) is 12.3. The fourth-order valence-corrected chi connectivity index (χ4v) is 1.41. The number of hydrogen-bond donors (Lipinski definition) is 1. The van der Waals surface area contributed by atoms with Crippen molar-refractivity contribution in [2.45, 2.75) is 49.9 Å². The van der Waals surface area contributed by atoms with Gasteiger partial charge in [0.15, 0.2) is 0 Å². The van der Waals surface area contributed by atoms with Crippen LogP contribution in [-0.2, 0) is 4.79 Å². The molecule has 1 atom stereocenters. The van der Waals surface area contributed by atoms with Crippen LogP contribution in [0.5, 0.6) is 0 Å². The molecule has 0 aromatic rings. The summed E-state index contributed by atoms with van der Waals surface area (Å²) in [4.78, 5) is 11.8. The molecule has 1 N–H and O–H groups in total. The molecular formula is C10H17Cl3O2. The normalized spacial score (nSPS) is 15.1. The van der Waals surface area contributed by atoms with Gasteiger partial charge in [-0.25, -0.2) is 0 Å². The Labute approximate surface area is 106 Å². The summed E-state index contributed by atoms with van der Waals surface area (Å²) in [6, 6.07) is 0. The van der Waals surface area contributed by atoms with Crippen LogP contribution in [0.15, 0.2) is 0 Å². The summed E-state index contributed by atoms with van der Waals surface area (Å²) in [5, 5.41) is 9.49. The average Bonchev–Trinajstić information content (AvgIpc) is 2.14. The maximum Gasteiger partial charge on any atom is 0.216 e. The Morgan fingerprint density at radius 3 is 1.93 bits per heavy atom. The highest BCUT2D eigenvalue weighted by molar-refractivity contribution is 6.68. The van der Waals surface area contributed by atoms with Crippen molar-refractivity contribution < 1.29 is 9.90 Å². The van der Waals surface area contributed by atoms with Crippen molar-refractivity contribution in [3.8, 4) is 0 Å². The highest BCUT2D eigenvalue weighted by atomic mass is 35.6. The zero-order valence-corrected chi connectivity index (χ0v) is 11.5. The van der Waals surface area contributed by atoms with E-state index < -0.39 is 15.3 Å². The predicted octanol–water partition coefficient (Wildman–Crippen LogP) is 3.50. The molecular weight excluding hydrogens is 258 g/mol. The second-order valence-corrected chi connectivity index (χ2v) is 6.32. The zero-order valence-electron chi connectivity index (χ0n) is 9.19. The van der Waals surface area contributed by atoms with Gasteiger partial charge in [-0.2, -0.15) is 0 Å². The van der Waals surface area contributed by atoms with Crippen LogP contribution in [0, 0.1) is 5.41 Å². The smallest absolute Gasteiger partial charge is 0.216 e. The van der Waals surface area contributed by atoms with Crippen LogP contribution in [0.4, 0.5) is 0 Å². The van der Waals surface area contributed by atoms with E-state index in [9.17, 15) is 9.90 Å². The van der Waals surface area contributed by atoms with Gasteiger partial charge < -0.3 is 5.11 Å². The van der Waals surface area contributed by atoms with Crippen LogP contribution in [-0.4, -0.2) is 20.8 Å². The molecule has 0 aromatic carbocycles. The van der Waals surface area contributed by atoms with Gasteiger partial charge in [-0.3, -0.25) is 4.79 Å². The average molecular weight is 276 g/mol. The molecule has 0 saturated carbocycles. The molecule has 0 aliphatic heterocycles. The molecule has 1 unspecified atom stereocenters. The fraction of sp³-hybridized carbons (Fsp3) is 0.900. The Kier molecular flexibility index (Phi) is 5.91. The molecule has 5 heteroatoms. The lowest BCUT2D eigenvalue weighted by molar-refractivity contribution is -0.130. The van der Waals surface area contributed by atoms with E-state index in [1.54, 1.807) is 0 Å². The van der Waals surface area contributed by atoms with Crippen molar-refractivity contribution >= 4 is 40.6 Å². The number of carbonyl (C=O) groups is 1. The Morgan fingerprint density at radius 1 is 1.27 bits per heavy atom. The van der Waals surface area contributed by atoms with Gasteiger partial charge >= 0.3 is 0 Å². The molecule has 0 aromatic heterocycles. The van der Waals surface area contributed by atoms with E-state index in [2.05, 4.69) is 0 Å². The Hall–Kier alpha value is 0.500. The first-order valence-corrected chi connectivity index (χ1v) is 6.08. The largest absolute Gasteiger partial charge is 0.388 e. The minimum Gasteiger partial charge on any atom is -0.388 e. The number of ketones is 1. The molecule has 0 rings (SSSR count). The van der Waals surface area contributed by atoms with Gasteiger partial charge in [0.2, 0.25) is 3.79 Å². The molecule has 0 aliphatic carbocycles. The lowest BCUT2D eigenvalue weighted by atomic mass is 9.78. The first kappa shape index (κ1) is 15.5. The minimum absolute atomic E-state index is 0.0636. The van der Waals surface area contributed by atoms with Crippen LogP contribution in [0.2, 0.25) is 0 Å². The minimum atomic E-state index is -1.79. The molecule has 0 spiro atoms. The molecule has 0 aliphatic rings. The highest BCUT2D eigenvalue weighted by Gasteiger charge is 2.37. The highest BCUT2D eigenvalue weighted by Crippen LogP contribution is 2.35. The maximum atomic E-state index is 11.8. The summed E-state index contributed by atoms with van der Waals surface area (Å²) in [6.07, 6.45) is 0.0748. The third-order valence-corrected chi connectivity index (χ3v) is 3.75. The van der Waals surface area contributed by atoms with Crippen LogP contribution in [0.3, 0.4) is 0 Å². The molecule has 0 radical (unpaired) electrons. The molecule has 0 heterocycles. The number of carbonyl (C=O) groups excluding carboxylic acids is 1. The lowest BCUT2D eigenvalue weighted by Gasteiger charge is -2.27. The second-order valence-electron chi connectivity index (χ2n) is 3.95. The molecule has 0 amide bonds. The SMILES string of the molecule is CCC(C)(CC)C(=O)CC(O)C(Cl)(Cl)Cl. The van der Waals surface area contributed by atoms with Crippen LogP contribution in [0.25, 0.3) is 0 Å². The van der Waals surface area contributed by atoms with Gasteiger partial charge in [0.25, 0.3) is 0 Å².